The van der Waals surface area contributed by atoms with Gasteiger partial charge in [0.2, 0.25) is 17.7 Å². The Bertz CT molecular complexity index is 662. The second kappa shape index (κ2) is 7.82. The van der Waals surface area contributed by atoms with Crippen LogP contribution in [0.1, 0.15) is 13.3 Å². The summed E-state index contributed by atoms with van der Waals surface area (Å²) in [4.78, 5) is 45.6. The summed E-state index contributed by atoms with van der Waals surface area (Å²) in [5, 5.41) is 15.9. The Balaban J connectivity index is 1.86. The van der Waals surface area contributed by atoms with Gasteiger partial charge < -0.3 is 21.1 Å². The van der Waals surface area contributed by atoms with E-state index in [0.29, 0.717) is 11.4 Å². The minimum atomic E-state index is -1.09. The monoisotopic (exact) mass is 351 g/mol. The van der Waals surface area contributed by atoms with Crippen molar-refractivity contribution >= 4 is 46.8 Å². The van der Waals surface area contributed by atoms with Gasteiger partial charge in [0, 0.05) is 30.5 Å². The van der Waals surface area contributed by atoms with Crippen molar-refractivity contribution in [3.63, 3.8) is 0 Å². The first kappa shape index (κ1) is 17.8. The number of hydrogen-bond acceptors (Lipinski definition) is 5. The zero-order chi connectivity index (χ0) is 17.7. The lowest BCUT2D eigenvalue weighted by Crippen LogP contribution is -2.51. The Morgan fingerprint density at radius 2 is 1.79 bits per heavy atom. The highest BCUT2D eigenvalue weighted by molar-refractivity contribution is 8.00. The fourth-order valence-electron chi connectivity index (χ4n) is 2.10. The zero-order valence-electron chi connectivity index (χ0n) is 12.9. The van der Waals surface area contributed by atoms with Crippen LogP contribution in [-0.2, 0) is 19.2 Å². The maximum absolute atomic E-state index is 12.0. The SMILES string of the molecule is CC(=O)Nc1ccc(NC(=O)C[C@H]2SC[C@@H](C(=O)O)NC2=O)cc1. The predicted octanol–water partition coefficient (Wildman–Crippen LogP) is 0.658. The second-order valence-electron chi connectivity index (χ2n) is 5.23. The Hall–Kier alpha value is -2.55. The second-order valence-corrected chi connectivity index (χ2v) is 6.47. The van der Waals surface area contributed by atoms with E-state index < -0.39 is 23.2 Å². The maximum Gasteiger partial charge on any atom is 0.327 e. The molecule has 128 valence electrons. The molecule has 8 nitrogen and oxygen atoms in total. The minimum Gasteiger partial charge on any atom is -0.480 e. The van der Waals surface area contributed by atoms with Crippen LogP contribution in [0.2, 0.25) is 0 Å². The molecule has 2 rings (SSSR count). The number of anilines is 2. The van der Waals surface area contributed by atoms with Crippen LogP contribution in [-0.4, -0.2) is 45.8 Å². The van der Waals surface area contributed by atoms with Crippen molar-refractivity contribution in [2.24, 2.45) is 0 Å². The van der Waals surface area contributed by atoms with Crippen molar-refractivity contribution in [1.82, 2.24) is 5.32 Å². The third-order valence-electron chi connectivity index (χ3n) is 3.23. The van der Waals surface area contributed by atoms with E-state index in [4.69, 9.17) is 5.11 Å². The highest BCUT2D eigenvalue weighted by Gasteiger charge is 2.33. The van der Waals surface area contributed by atoms with Gasteiger partial charge in [0.15, 0.2) is 0 Å². The maximum atomic E-state index is 12.0. The van der Waals surface area contributed by atoms with Gasteiger partial charge in [-0.2, -0.15) is 0 Å². The van der Waals surface area contributed by atoms with Crippen LogP contribution in [0.4, 0.5) is 11.4 Å². The molecule has 2 atom stereocenters. The molecular weight excluding hydrogens is 334 g/mol. The summed E-state index contributed by atoms with van der Waals surface area (Å²) in [6.07, 6.45) is -0.0454. The van der Waals surface area contributed by atoms with Gasteiger partial charge in [0.25, 0.3) is 0 Å². The highest BCUT2D eigenvalue weighted by Crippen LogP contribution is 2.22. The van der Waals surface area contributed by atoms with E-state index in [1.54, 1.807) is 24.3 Å². The summed E-state index contributed by atoms with van der Waals surface area (Å²) in [6.45, 7) is 1.40. The van der Waals surface area contributed by atoms with Crippen molar-refractivity contribution in [2.45, 2.75) is 24.6 Å². The summed E-state index contributed by atoms with van der Waals surface area (Å²) >= 11 is 1.15. The lowest BCUT2D eigenvalue weighted by Gasteiger charge is -2.25. The number of carbonyl (C=O) groups excluding carboxylic acids is 3. The van der Waals surface area contributed by atoms with Gasteiger partial charge in [-0.25, -0.2) is 4.79 Å². The van der Waals surface area contributed by atoms with Crippen LogP contribution < -0.4 is 16.0 Å². The first-order chi connectivity index (χ1) is 11.3. The molecule has 1 saturated heterocycles. The lowest BCUT2D eigenvalue weighted by molar-refractivity contribution is -0.141. The van der Waals surface area contributed by atoms with Crippen molar-refractivity contribution < 1.29 is 24.3 Å². The molecule has 0 spiro atoms. The normalized spacial score (nSPS) is 20.0. The minimum absolute atomic E-state index is 0.0454. The fraction of sp³-hybridized carbons (Fsp3) is 0.333. The van der Waals surface area contributed by atoms with E-state index in [9.17, 15) is 19.2 Å². The molecule has 1 aromatic rings. The molecule has 1 heterocycles. The number of carboxylic acids is 1. The van der Waals surface area contributed by atoms with Gasteiger partial charge in [-0.1, -0.05) is 0 Å². The molecule has 0 aromatic heterocycles. The number of aliphatic carboxylic acids is 1. The number of carbonyl (C=O) groups is 4. The molecule has 4 N–H and O–H groups in total. The van der Waals surface area contributed by atoms with Crippen molar-refractivity contribution in [2.75, 3.05) is 16.4 Å². The third-order valence-corrected chi connectivity index (χ3v) is 4.54. The number of amides is 3. The molecule has 1 aliphatic rings. The quantitative estimate of drug-likeness (QED) is 0.618. The summed E-state index contributed by atoms with van der Waals surface area (Å²) in [5.74, 6) is -1.84. The lowest BCUT2D eigenvalue weighted by atomic mass is 10.2. The van der Waals surface area contributed by atoms with E-state index in [-0.39, 0.29) is 24.0 Å². The standard InChI is InChI=1S/C15H17N3O5S/c1-8(19)16-9-2-4-10(5-3-9)17-13(20)6-12-14(21)18-11(7-24-12)15(22)23/h2-5,11-12H,6-7H2,1H3,(H,16,19)(H,17,20)(H,18,21)(H,22,23)/t11-,12+/m0/s1. The van der Waals surface area contributed by atoms with Crippen LogP contribution in [0.5, 0.6) is 0 Å². The zero-order valence-corrected chi connectivity index (χ0v) is 13.7. The van der Waals surface area contributed by atoms with Gasteiger partial charge in [0.1, 0.15) is 6.04 Å². The van der Waals surface area contributed by atoms with Crippen LogP contribution in [0.3, 0.4) is 0 Å². The molecular formula is C15H17N3O5S. The number of rotatable bonds is 5. The van der Waals surface area contributed by atoms with Gasteiger partial charge in [-0.3, -0.25) is 14.4 Å². The Kier molecular flexibility index (Phi) is 5.80. The highest BCUT2D eigenvalue weighted by atomic mass is 32.2. The van der Waals surface area contributed by atoms with E-state index in [0.717, 1.165) is 11.8 Å². The molecule has 24 heavy (non-hydrogen) atoms. The fourth-order valence-corrected chi connectivity index (χ4v) is 3.24. The number of benzene rings is 1. The smallest absolute Gasteiger partial charge is 0.327 e. The molecule has 1 aliphatic heterocycles. The molecule has 9 heteroatoms. The molecule has 1 fully saturated rings. The van der Waals surface area contributed by atoms with Crippen molar-refractivity contribution in [1.29, 1.82) is 0 Å². The van der Waals surface area contributed by atoms with Gasteiger partial charge in [-0.15, -0.1) is 11.8 Å². The number of hydrogen-bond donors (Lipinski definition) is 4. The summed E-state index contributed by atoms with van der Waals surface area (Å²) in [6, 6.07) is 5.66. The predicted molar refractivity (Wildman–Crippen MR) is 89.8 cm³/mol. The molecule has 0 radical (unpaired) electrons. The third kappa shape index (κ3) is 4.98. The average molecular weight is 351 g/mol. The molecule has 1 aromatic carbocycles. The summed E-state index contributed by atoms with van der Waals surface area (Å²) in [7, 11) is 0. The van der Waals surface area contributed by atoms with E-state index in [1.165, 1.54) is 6.92 Å². The number of carboxylic acid groups (broad SMARTS) is 1. The van der Waals surface area contributed by atoms with E-state index in [2.05, 4.69) is 16.0 Å². The molecule has 0 aliphatic carbocycles. The molecule has 0 unspecified atom stereocenters. The van der Waals surface area contributed by atoms with Crippen LogP contribution in [0.25, 0.3) is 0 Å². The van der Waals surface area contributed by atoms with Crippen molar-refractivity contribution in [3.05, 3.63) is 24.3 Å². The van der Waals surface area contributed by atoms with Gasteiger partial charge in [0.05, 0.1) is 5.25 Å². The average Bonchev–Trinajstić information content (AvgIpc) is 2.50. The molecule has 0 saturated carbocycles. The molecule has 0 bridgehead atoms. The first-order valence-corrected chi connectivity index (χ1v) is 8.22. The van der Waals surface area contributed by atoms with Gasteiger partial charge >= 0.3 is 5.97 Å². The number of nitrogens with one attached hydrogen (secondary N) is 3. The Morgan fingerprint density at radius 3 is 2.29 bits per heavy atom. The first-order valence-electron chi connectivity index (χ1n) is 7.17. The van der Waals surface area contributed by atoms with E-state index in [1.807, 2.05) is 0 Å². The van der Waals surface area contributed by atoms with Crippen LogP contribution >= 0.6 is 11.8 Å². The summed E-state index contributed by atoms with van der Waals surface area (Å²) < 4.78 is 0. The van der Waals surface area contributed by atoms with Gasteiger partial charge in [-0.05, 0) is 24.3 Å². The van der Waals surface area contributed by atoms with Crippen LogP contribution in [0.15, 0.2) is 24.3 Å². The Morgan fingerprint density at radius 1 is 1.21 bits per heavy atom. The Labute approximate surface area is 142 Å². The van der Waals surface area contributed by atoms with Crippen molar-refractivity contribution in [3.8, 4) is 0 Å². The summed E-state index contributed by atoms with van der Waals surface area (Å²) in [5.41, 5.74) is 1.15. The largest absolute Gasteiger partial charge is 0.480 e. The van der Waals surface area contributed by atoms with Crippen LogP contribution in [0, 0.1) is 0 Å². The molecule has 3 amide bonds. The number of thioether (sulfide) groups is 1. The topological polar surface area (TPSA) is 125 Å². The van der Waals surface area contributed by atoms with E-state index >= 15 is 0 Å².